The van der Waals surface area contributed by atoms with Crippen LogP contribution >= 0.6 is 0 Å². The highest BCUT2D eigenvalue weighted by Crippen LogP contribution is 2.30. The summed E-state index contributed by atoms with van der Waals surface area (Å²) < 4.78 is 10.2. The van der Waals surface area contributed by atoms with Crippen LogP contribution in [0, 0.1) is 0 Å². The van der Waals surface area contributed by atoms with Crippen LogP contribution in [0.5, 0.6) is 11.5 Å². The zero-order valence-corrected chi connectivity index (χ0v) is 14.2. The quantitative estimate of drug-likeness (QED) is 0.394. The molecule has 1 aliphatic rings. The number of nitrogens with zero attached hydrogens (tertiary/aromatic N) is 1. The van der Waals surface area contributed by atoms with E-state index in [1.807, 2.05) is 6.07 Å². The maximum atomic E-state index is 12.6. The van der Waals surface area contributed by atoms with Gasteiger partial charge in [-0.05, 0) is 35.9 Å². The maximum absolute atomic E-state index is 12.6. The number of methoxy groups -OCH3 is 1. The predicted octanol–water partition coefficient (Wildman–Crippen LogP) is 2.08. The number of hydrazine groups is 1. The van der Waals surface area contributed by atoms with Gasteiger partial charge >= 0.3 is 5.97 Å². The highest BCUT2D eigenvalue weighted by atomic mass is 16.6. The molecule has 132 valence electrons. The van der Waals surface area contributed by atoms with E-state index in [2.05, 4.69) is 5.43 Å². The minimum absolute atomic E-state index is 0.00357. The van der Waals surface area contributed by atoms with Crippen LogP contribution < -0.4 is 19.9 Å². The number of hydrogen-bond acceptors (Lipinski definition) is 5. The highest BCUT2D eigenvalue weighted by Gasteiger charge is 2.34. The fourth-order valence-corrected chi connectivity index (χ4v) is 2.50. The highest BCUT2D eigenvalue weighted by molar-refractivity contribution is 6.31. The lowest BCUT2D eigenvalue weighted by molar-refractivity contribution is -0.132. The molecule has 2 aromatic carbocycles. The number of hydrogen-bond donors (Lipinski definition) is 1. The predicted molar refractivity (Wildman–Crippen MR) is 94.4 cm³/mol. The van der Waals surface area contributed by atoms with E-state index in [0.717, 1.165) is 0 Å². The molecular formula is C19H16N2O5. The van der Waals surface area contributed by atoms with E-state index in [9.17, 15) is 14.4 Å². The Kier molecular flexibility index (Phi) is 4.70. The molecule has 26 heavy (non-hydrogen) atoms. The first-order valence-corrected chi connectivity index (χ1v) is 7.78. The van der Waals surface area contributed by atoms with E-state index >= 15 is 0 Å². The van der Waals surface area contributed by atoms with Gasteiger partial charge in [-0.3, -0.25) is 19.8 Å². The average Bonchev–Trinajstić information content (AvgIpc) is 2.91. The monoisotopic (exact) mass is 352 g/mol. The summed E-state index contributed by atoms with van der Waals surface area (Å²) in [6.07, 6.45) is 1.46. The van der Waals surface area contributed by atoms with Crippen molar-refractivity contribution in [2.24, 2.45) is 0 Å². The third kappa shape index (κ3) is 3.41. The van der Waals surface area contributed by atoms with Crippen LogP contribution in [-0.4, -0.2) is 24.9 Å². The van der Waals surface area contributed by atoms with Crippen LogP contribution in [0.4, 0.5) is 5.69 Å². The Balaban J connectivity index is 1.91. The molecule has 7 nitrogen and oxygen atoms in total. The molecule has 0 saturated carbocycles. The number of esters is 1. The van der Waals surface area contributed by atoms with Crippen molar-refractivity contribution in [3.63, 3.8) is 0 Å². The Bertz CT molecular complexity index is 905. The van der Waals surface area contributed by atoms with Gasteiger partial charge in [-0.2, -0.15) is 0 Å². The SMILES string of the molecule is COc1cc(/C=C2\C(=O)NN(c3ccccc3)C2=O)ccc1OC(C)=O. The molecule has 1 aliphatic heterocycles. The van der Waals surface area contributed by atoms with E-state index in [0.29, 0.717) is 17.0 Å². The third-order valence-corrected chi connectivity index (χ3v) is 3.66. The van der Waals surface area contributed by atoms with E-state index in [-0.39, 0.29) is 11.3 Å². The van der Waals surface area contributed by atoms with Crippen LogP contribution in [0.3, 0.4) is 0 Å². The smallest absolute Gasteiger partial charge is 0.308 e. The molecule has 2 aromatic rings. The normalized spacial score (nSPS) is 15.2. The van der Waals surface area contributed by atoms with Crippen molar-refractivity contribution >= 4 is 29.5 Å². The van der Waals surface area contributed by atoms with Gasteiger partial charge in [0, 0.05) is 6.92 Å². The maximum Gasteiger partial charge on any atom is 0.308 e. The summed E-state index contributed by atoms with van der Waals surface area (Å²) in [5.41, 5.74) is 3.66. The molecule has 1 saturated heterocycles. The number of nitrogens with one attached hydrogen (secondary N) is 1. The zero-order valence-electron chi connectivity index (χ0n) is 14.2. The minimum atomic E-state index is -0.498. The first-order valence-electron chi connectivity index (χ1n) is 7.78. The van der Waals surface area contributed by atoms with E-state index in [1.54, 1.807) is 42.5 Å². The molecule has 0 unspecified atom stereocenters. The molecule has 0 atom stereocenters. The zero-order chi connectivity index (χ0) is 18.7. The average molecular weight is 352 g/mol. The Morgan fingerprint density at radius 3 is 2.46 bits per heavy atom. The van der Waals surface area contributed by atoms with Crippen molar-refractivity contribution < 1.29 is 23.9 Å². The van der Waals surface area contributed by atoms with Crippen molar-refractivity contribution in [1.29, 1.82) is 0 Å². The number of para-hydroxylation sites is 1. The first kappa shape index (κ1) is 17.2. The molecule has 0 spiro atoms. The molecule has 1 N–H and O–H groups in total. The van der Waals surface area contributed by atoms with Gasteiger partial charge in [0.1, 0.15) is 5.57 Å². The summed E-state index contributed by atoms with van der Waals surface area (Å²) in [5, 5.41) is 1.19. The van der Waals surface area contributed by atoms with Gasteiger partial charge in [-0.1, -0.05) is 24.3 Å². The molecule has 0 bridgehead atoms. The molecular weight excluding hydrogens is 336 g/mol. The number of rotatable bonds is 4. The number of anilines is 1. The standard InChI is InChI=1S/C19H16N2O5/c1-12(22)26-16-9-8-13(11-17(16)25-2)10-15-18(23)20-21(19(15)24)14-6-4-3-5-7-14/h3-11H,1-2H3,(H,20,23)/b15-10+. The third-order valence-electron chi connectivity index (χ3n) is 3.66. The number of benzene rings is 2. The Morgan fingerprint density at radius 2 is 1.81 bits per heavy atom. The van der Waals surface area contributed by atoms with Crippen molar-refractivity contribution in [3.05, 3.63) is 59.7 Å². The van der Waals surface area contributed by atoms with Crippen molar-refractivity contribution in [2.45, 2.75) is 6.92 Å². The van der Waals surface area contributed by atoms with E-state index < -0.39 is 17.8 Å². The summed E-state index contributed by atoms with van der Waals surface area (Å²) >= 11 is 0. The van der Waals surface area contributed by atoms with Crippen molar-refractivity contribution in [3.8, 4) is 11.5 Å². The van der Waals surface area contributed by atoms with Crippen LogP contribution in [0.25, 0.3) is 6.08 Å². The summed E-state index contributed by atoms with van der Waals surface area (Å²) in [7, 11) is 1.43. The van der Waals surface area contributed by atoms with Crippen LogP contribution in [0.2, 0.25) is 0 Å². The fourth-order valence-electron chi connectivity index (χ4n) is 2.50. The van der Waals surface area contributed by atoms with Crippen LogP contribution in [0.1, 0.15) is 12.5 Å². The second-order valence-corrected chi connectivity index (χ2v) is 5.48. The van der Waals surface area contributed by atoms with Gasteiger partial charge in [0.15, 0.2) is 11.5 Å². The summed E-state index contributed by atoms with van der Waals surface area (Å²) in [4.78, 5) is 35.9. The van der Waals surface area contributed by atoms with Crippen molar-refractivity contribution in [2.75, 3.05) is 12.1 Å². The van der Waals surface area contributed by atoms with Crippen molar-refractivity contribution in [1.82, 2.24) is 5.43 Å². The van der Waals surface area contributed by atoms with Gasteiger partial charge in [0.05, 0.1) is 12.8 Å². The number of ether oxygens (including phenoxy) is 2. The first-order chi connectivity index (χ1) is 12.5. The second-order valence-electron chi connectivity index (χ2n) is 5.48. The molecule has 7 heteroatoms. The molecule has 1 fully saturated rings. The van der Waals surface area contributed by atoms with Gasteiger partial charge in [0.2, 0.25) is 0 Å². The van der Waals surface area contributed by atoms with Crippen LogP contribution in [-0.2, 0) is 14.4 Å². The number of carbonyl (C=O) groups excluding carboxylic acids is 3. The van der Waals surface area contributed by atoms with E-state index in [4.69, 9.17) is 9.47 Å². The Hall–Kier alpha value is -3.61. The van der Waals surface area contributed by atoms with Gasteiger partial charge in [0.25, 0.3) is 11.8 Å². The molecule has 0 aromatic heterocycles. The molecule has 2 amide bonds. The topological polar surface area (TPSA) is 84.9 Å². The lowest BCUT2D eigenvalue weighted by Crippen LogP contribution is -2.35. The largest absolute Gasteiger partial charge is 0.493 e. The second kappa shape index (κ2) is 7.10. The van der Waals surface area contributed by atoms with Gasteiger partial charge in [-0.15, -0.1) is 0 Å². The number of carbonyl (C=O) groups is 3. The fraction of sp³-hybridized carbons (Fsp3) is 0.105. The Labute approximate surface area is 149 Å². The summed E-state index contributed by atoms with van der Waals surface area (Å²) in [6.45, 7) is 1.29. The lowest BCUT2D eigenvalue weighted by Gasteiger charge is -2.13. The molecule has 3 rings (SSSR count). The summed E-state index contributed by atoms with van der Waals surface area (Å²) in [6, 6.07) is 13.6. The molecule has 0 radical (unpaired) electrons. The Morgan fingerprint density at radius 1 is 1.08 bits per heavy atom. The minimum Gasteiger partial charge on any atom is -0.493 e. The van der Waals surface area contributed by atoms with Gasteiger partial charge in [-0.25, -0.2) is 5.01 Å². The molecule has 1 heterocycles. The molecule has 0 aliphatic carbocycles. The van der Waals surface area contributed by atoms with Gasteiger partial charge < -0.3 is 9.47 Å². The summed E-state index contributed by atoms with van der Waals surface area (Å²) in [5.74, 6) is -0.847. The van der Waals surface area contributed by atoms with E-state index in [1.165, 1.54) is 25.1 Å². The lowest BCUT2D eigenvalue weighted by atomic mass is 10.1. The number of amides is 2. The van der Waals surface area contributed by atoms with Crippen LogP contribution in [0.15, 0.2) is 54.1 Å².